The number of carbonyl (C=O) groups is 1. The van der Waals surface area contributed by atoms with Crippen molar-refractivity contribution in [3.05, 3.63) is 35.4 Å². The van der Waals surface area contributed by atoms with Crippen LogP contribution in [0, 0.1) is 23.2 Å². The van der Waals surface area contributed by atoms with E-state index in [9.17, 15) is 4.79 Å². The lowest BCUT2D eigenvalue weighted by molar-refractivity contribution is -0.138. The topological polar surface area (TPSA) is 49.3 Å². The Bertz CT molecular complexity index is 615. The standard InChI is InChI=1S/C23H33NO2/c1-3-21(23-11-17-8-18(12-23)10-19(9-17)13-23)24-14-16-4-6-20(7-5-16)15(2)22(25)26/h4-7,15,17-19,21,24H,3,8-14H2,1-2H3,(H,25,26). The molecule has 4 saturated carbocycles. The van der Waals surface area contributed by atoms with Gasteiger partial charge in [-0.3, -0.25) is 4.79 Å². The van der Waals surface area contributed by atoms with Crippen LogP contribution in [0.25, 0.3) is 0 Å². The largest absolute Gasteiger partial charge is 0.481 e. The molecule has 4 fully saturated rings. The summed E-state index contributed by atoms with van der Waals surface area (Å²) in [5, 5.41) is 13.0. The van der Waals surface area contributed by atoms with Gasteiger partial charge in [-0.25, -0.2) is 0 Å². The maximum absolute atomic E-state index is 11.1. The van der Waals surface area contributed by atoms with E-state index in [-0.39, 0.29) is 0 Å². The molecule has 0 aromatic heterocycles. The van der Waals surface area contributed by atoms with Gasteiger partial charge in [0.15, 0.2) is 0 Å². The third kappa shape index (κ3) is 3.31. The van der Waals surface area contributed by atoms with E-state index in [4.69, 9.17) is 5.11 Å². The second-order valence-electron chi connectivity index (χ2n) is 9.42. The van der Waals surface area contributed by atoms with Crippen molar-refractivity contribution in [2.45, 2.75) is 77.3 Å². The van der Waals surface area contributed by atoms with Gasteiger partial charge in [-0.2, -0.15) is 0 Å². The lowest BCUT2D eigenvalue weighted by Gasteiger charge is -2.59. The van der Waals surface area contributed by atoms with E-state index in [2.05, 4.69) is 24.4 Å². The Hall–Kier alpha value is -1.35. The van der Waals surface area contributed by atoms with Gasteiger partial charge in [0.25, 0.3) is 0 Å². The predicted octanol–water partition coefficient (Wildman–Crippen LogP) is 4.96. The summed E-state index contributed by atoms with van der Waals surface area (Å²) in [6, 6.07) is 8.75. The molecule has 142 valence electrons. The molecule has 2 N–H and O–H groups in total. The van der Waals surface area contributed by atoms with Crippen molar-refractivity contribution in [3.8, 4) is 0 Å². The van der Waals surface area contributed by atoms with Crippen LogP contribution in [0.2, 0.25) is 0 Å². The maximum atomic E-state index is 11.1. The van der Waals surface area contributed by atoms with Gasteiger partial charge in [-0.15, -0.1) is 0 Å². The molecule has 4 aliphatic rings. The van der Waals surface area contributed by atoms with Crippen LogP contribution in [0.1, 0.15) is 75.8 Å². The fraction of sp³-hybridized carbons (Fsp3) is 0.696. The van der Waals surface area contributed by atoms with Crippen LogP contribution < -0.4 is 5.32 Å². The molecule has 26 heavy (non-hydrogen) atoms. The van der Waals surface area contributed by atoms with E-state index < -0.39 is 11.9 Å². The number of rotatable bonds is 7. The number of aliphatic carboxylic acids is 1. The summed E-state index contributed by atoms with van der Waals surface area (Å²) in [5.41, 5.74) is 2.69. The van der Waals surface area contributed by atoms with Crippen molar-refractivity contribution in [2.24, 2.45) is 23.2 Å². The number of carboxylic acids is 1. The molecule has 0 aliphatic heterocycles. The summed E-state index contributed by atoms with van der Waals surface area (Å²) >= 11 is 0. The Kier molecular flexibility index (Phi) is 4.85. The summed E-state index contributed by atoms with van der Waals surface area (Å²) in [6.07, 6.45) is 10.0. The first kappa shape index (κ1) is 18.0. The van der Waals surface area contributed by atoms with Gasteiger partial charge in [-0.1, -0.05) is 31.2 Å². The average Bonchev–Trinajstić information content (AvgIpc) is 2.60. The molecule has 3 nitrogen and oxygen atoms in total. The Balaban J connectivity index is 1.41. The summed E-state index contributed by atoms with van der Waals surface area (Å²) in [6.45, 7) is 4.98. The van der Waals surface area contributed by atoms with Crippen molar-refractivity contribution in [1.29, 1.82) is 0 Å². The lowest BCUT2D eigenvalue weighted by atomic mass is 9.47. The summed E-state index contributed by atoms with van der Waals surface area (Å²) in [4.78, 5) is 11.1. The zero-order chi connectivity index (χ0) is 18.3. The highest BCUT2D eigenvalue weighted by Crippen LogP contribution is 2.61. The minimum absolute atomic E-state index is 0.438. The molecule has 3 heteroatoms. The summed E-state index contributed by atoms with van der Waals surface area (Å²) < 4.78 is 0. The smallest absolute Gasteiger partial charge is 0.310 e. The Morgan fingerprint density at radius 2 is 1.65 bits per heavy atom. The third-order valence-electron chi connectivity index (χ3n) is 7.64. The van der Waals surface area contributed by atoms with Gasteiger partial charge in [0.2, 0.25) is 0 Å². The zero-order valence-corrected chi connectivity index (χ0v) is 16.2. The number of hydrogen-bond donors (Lipinski definition) is 2. The molecule has 2 atom stereocenters. The van der Waals surface area contributed by atoms with Crippen LogP contribution in [-0.4, -0.2) is 17.1 Å². The molecule has 1 aromatic carbocycles. The van der Waals surface area contributed by atoms with E-state index in [1.165, 1.54) is 50.5 Å². The van der Waals surface area contributed by atoms with Crippen LogP contribution in [0.5, 0.6) is 0 Å². The molecule has 4 aliphatic carbocycles. The van der Waals surface area contributed by atoms with Gasteiger partial charge >= 0.3 is 5.97 Å². The summed E-state index contributed by atoms with van der Waals surface area (Å²) in [7, 11) is 0. The molecule has 4 bridgehead atoms. The van der Waals surface area contributed by atoms with E-state index in [0.717, 1.165) is 29.9 Å². The molecule has 0 radical (unpaired) electrons. The van der Waals surface area contributed by atoms with Gasteiger partial charge in [-0.05, 0) is 86.2 Å². The molecule has 2 unspecified atom stereocenters. The second kappa shape index (κ2) is 6.99. The zero-order valence-electron chi connectivity index (χ0n) is 16.2. The van der Waals surface area contributed by atoms with E-state index in [0.29, 0.717) is 11.5 Å². The van der Waals surface area contributed by atoms with Gasteiger partial charge in [0.1, 0.15) is 0 Å². The normalized spacial score (nSPS) is 34.6. The van der Waals surface area contributed by atoms with Crippen molar-refractivity contribution < 1.29 is 9.90 Å². The van der Waals surface area contributed by atoms with E-state index >= 15 is 0 Å². The highest BCUT2D eigenvalue weighted by atomic mass is 16.4. The highest BCUT2D eigenvalue weighted by Gasteiger charge is 2.53. The predicted molar refractivity (Wildman–Crippen MR) is 104 cm³/mol. The van der Waals surface area contributed by atoms with E-state index in [1.54, 1.807) is 6.92 Å². The molecule has 0 spiro atoms. The van der Waals surface area contributed by atoms with Crippen molar-refractivity contribution in [2.75, 3.05) is 0 Å². The molecular weight excluding hydrogens is 322 g/mol. The van der Waals surface area contributed by atoms with Gasteiger partial charge in [0, 0.05) is 12.6 Å². The molecular formula is C23H33NO2. The first-order valence-corrected chi connectivity index (χ1v) is 10.5. The fourth-order valence-corrected chi connectivity index (χ4v) is 6.71. The number of hydrogen-bond acceptors (Lipinski definition) is 2. The molecule has 5 rings (SSSR count). The second-order valence-corrected chi connectivity index (χ2v) is 9.42. The molecule has 0 amide bonds. The van der Waals surface area contributed by atoms with Crippen LogP contribution in [0.4, 0.5) is 0 Å². The lowest BCUT2D eigenvalue weighted by Crippen LogP contribution is -2.55. The van der Waals surface area contributed by atoms with Crippen LogP contribution in [-0.2, 0) is 11.3 Å². The fourth-order valence-electron chi connectivity index (χ4n) is 6.71. The molecule has 0 heterocycles. The Morgan fingerprint density at radius 1 is 1.12 bits per heavy atom. The van der Waals surface area contributed by atoms with E-state index in [1.807, 2.05) is 12.1 Å². The quantitative estimate of drug-likeness (QED) is 0.727. The minimum Gasteiger partial charge on any atom is -0.481 e. The average molecular weight is 356 g/mol. The third-order valence-corrected chi connectivity index (χ3v) is 7.64. The van der Waals surface area contributed by atoms with Crippen LogP contribution >= 0.6 is 0 Å². The first-order chi connectivity index (χ1) is 12.5. The number of benzene rings is 1. The number of carboxylic acid groups (broad SMARTS) is 1. The van der Waals surface area contributed by atoms with Crippen molar-refractivity contribution >= 4 is 5.97 Å². The Labute approximate surface area is 157 Å². The minimum atomic E-state index is -0.760. The molecule has 0 saturated heterocycles. The van der Waals surface area contributed by atoms with Crippen LogP contribution in [0.15, 0.2) is 24.3 Å². The first-order valence-electron chi connectivity index (χ1n) is 10.5. The monoisotopic (exact) mass is 355 g/mol. The Morgan fingerprint density at radius 3 is 2.12 bits per heavy atom. The summed E-state index contributed by atoms with van der Waals surface area (Å²) in [5.74, 6) is 1.79. The van der Waals surface area contributed by atoms with Crippen molar-refractivity contribution in [3.63, 3.8) is 0 Å². The van der Waals surface area contributed by atoms with Crippen LogP contribution in [0.3, 0.4) is 0 Å². The molecule has 1 aromatic rings. The number of nitrogens with one attached hydrogen (secondary N) is 1. The maximum Gasteiger partial charge on any atom is 0.310 e. The van der Waals surface area contributed by atoms with Gasteiger partial charge in [0.05, 0.1) is 5.92 Å². The highest BCUT2D eigenvalue weighted by molar-refractivity contribution is 5.75. The van der Waals surface area contributed by atoms with Gasteiger partial charge < -0.3 is 10.4 Å². The SMILES string of the molecule is CCC(NCc1ccc(C(C)C(=O)O)cc1)C12CC3CC(CC(C3)C1)C2. The van der Waals surface area contributed by atoms with Crippen molar-refractivity contribution in [1.82, 2.24) is 5.32 Å².